The average molecular weight is 300 g/mol. The lowest BCUT2D eigenvalue weighted by atomic mass is 10.1. The summed E-state index contributed by atoms with van der Waals surface area (Å²) in [6.07, 6.45) is 1.80. The molecule has 1 aromatic carbocycles. The van der Waals surface area contributed by atoms with Crippen LogP contribution in [0.15, 0.2) is 28.8 Å². The number of urea groups is 1. The lowest BCUT2D eigenvalue weighted by Crippen LogP contribution is -2.39. The largest absolute Gasteiger partial charge is 0.338 e. The van der Waals surface area contributed by atoms with Gasteiger partial charge in [0.2, 0.25) is 11.7 Å². The highest BCUT2D eigenvalue weighted by atomic mass is 16.5. The van der Waals surface area contributed by atoms with E-state index in [2.05, 4.69) is 15.5 Å². The molecule has 1 aliphatic heterocycles. The molecule has 1 unspecified atom stereocenters. The zero-order valence-corrected chi connectivity index (χ0v) is 12.9. The van der Waals surface area contributed by atoms with Crippen LogP contribution >= 0.6 is 0 Å². The van der Waals surface area contributed by atoms with E-state index >= 15 is 0 Å². The molecule has 0 aliphatic carbocycles. The van der Waals surface area contributed by atoms with Crippen molar-refractivity contribution in [2.75, 3.05) is 13.1 Å². The van der Waals surface area contributed by atoms with Gasteiger partial charge in [-0.05, 0) is 26.7 Å². The molecule has 2 aromatic rings. The minimum Gasteiger partial charge on any atom is -0.338 e. The van der Waals surface area contributed by atoms with Crippen molar-refractivity contribution in [3.05, 3.63) is 35.7 Å². The minimum absolute atomic E-state index is 0.0694. The predicted octanol–water partition coefficient (Wildman–Crippen LogP) is 2.91. The maximum absolute atomic E-state index is 12.1. The Morgan fingerprint density at radius 3 is 2.91 bits per heavy atom. The molecule has 22 heavy (non-hydrogen) atoms. The lowest BCUT2D eigenvalue weighted by molar-refractivity contribution is 0.181. The fourth-order valence-electron chi connectivity index (χ4n) is 2.71. The molecular weight excluding hydrogens is 280 g/mol. The van der Waals surface area contributed by atoms with Gasteiger partial charge in [0.25, 0.3) is 0 Å². The Morgan fingerprint density at radius 1 is 1.41 bits per heavy atom. The number of nitrogens with zero attached hydrogens (tertiary/aromatic N) is 3. The standard InChI is InChI=1S/C16H20N4O2/c1-3-17-16(21)20-10-4-5-13(20)15-18-14(19-22-15)12-8-6-11(2)7-9-12/h6-9,13H,3-5,10H2,1-2H3,(H,17,21). The third kappa shape index (κ3) is 2.81. The second kappa shape index (κ2) is 6.17. The number of carbonyl (C=O) groups excluding carboxylic acids is 1. The molecule has 116 valence electrons. The quantitative estimate of drug-likeness (QED) is 0.946. The number of hydrogen-bond acceptors (Lipinski definition) is 4. The third-order valence-electron chi connectivity index (χ3n) is 3.88. The molecule has 1 atom stereocenters. The van der Waals surface area contributed by atoms with E-state index in [4.69, 9.17) is 4.52 Å². The summed E-state index contributed by atoms with van der Waals surface area (Å²) >= 11 is 0. The van der Waals surface area contributed by atoms with Gasteiger partial charge in [0, 0.05) is 18.7 Å². The molecule has 0 saturated carbocycles. The number of amides is 2. The monoisotopic (exact) mass is 300 g/mol. The highest BCUT2D eigenvalue weighted by molar-refractivity contribution is 5.74. The van der Waals surface area contributed by atoms with Gasteiger partial charge in [0.15, 0.2) is 0 Å². The van der Waals surface area contributed by atoms with Crippen molar-refractivity contribution in [3.63, 3.8) is 0 Å². The molecule has 2 heterocycles. The summed E-state index contributed by atoms with van der Waals surface area (Å²) in [5, 5.41) is 6.89. The molecule has 6 heteroatoms. The summed E-state index contributed by atoms with van der Waals surface area (Å²) in [6.45, 7) is 5.28. The van der Waals surface area contributed by atoms with E-state index in [0.717, 1.165) is 24.9 Å². The third-order valence-corrected chi connectivity index (χ3v) is 3.88. The minimum atomic E-state index is -0.127. The van der Waals surface area contributed by atoms with Crippen LogP contribution in [0, 0.1) is 6.92 Å². The predicted molar refractivity (Wildman–Crippen MR) is 82.2 cm³/mol. The molecular formula is C16H20N4O2. The van der Waals surface area contributed by atoms with E-state index < -0.39 is 0 Å². The summed E-state index contributed by atoms with van der Waals surface area (Å²) in [4.78, 5) is 18.3. The fourth-order valence-corrected chi connectivity index (χ4v) is 2.71. The molecule has 3 rings (SSSR count). The van der Waals surface area contributed by atoms with E-state index in [0.29, 0.717) is 18.3 Å². The van der Waals surface area contributed by atoms with Crippen molar-refractivity contribution < 1.29 is 9.32 Å². The molecule has 1 saturated heterocycles. The Bertz CT molecular complexity index is 650. The molecule has 0 bridgehead atoms. The first-order valence-corrected chi connectivity index (χ1v) is 7.64. The topological polar surface area (TPSA) is 71.3 Å². The summed E-state index contributed by atoms with van der Waals surface area (Å²) < 4.78 is 5.41. The highest BCUT2D eigenvalue weighted by Gasteiger charge is 2.33. The van der Waals surface area contributed by atoms with Gasteiger partial charge in [-0.3, -0.25) is 0 Å². The van der Waals surface area contributed by atoms with Crippen LogP contribution in [-0.4, -0.2) is 34.2 Å². The van der Waals surface area contributed by atoms with Crippen LogP contribution in [0.4, 0.5) is 4.79 Å². The fraction of sp³-hybridized carbons (Fsp3) is 0.438. The van der Waals surface area contributed by atoms with Gasteiger partial charge in [-0.15, -0.1) is 0 Å². The van der Waals surface area contributed by atoms with Crippen LogP contribution in [0.2, 0.25) is 0 Å². The van der Waals surface area contributed by atoms with E-state index in [1.165, 1.54) is 5.56 Å². The summed E-state index contributed by atoms with van der Waals surface area (Å²) in [5.41, 5.74) is 2.11. The maximum Gasteiger partial charge on any atom is 0.318 e. The van der Waals surface area contributed by atoms with Gasteiger partial charge in [-0.1, -0.05) is 35.0 Å². The highest BCUT2D eigenvalue weighted by Crippen LogP contribution is 2.31. The summed E-state index contributed by atoms with van der Waals surface area (Å²) in [6, 6.07) is 7.78. The first-order valence-electron chi connectivity index (χ1n) is 7.64. The average Bonchev–Trinajstić information content (AvgIpc) is 3.17. The van der Waals surface area contributed by atoms with E-state index in [-0.39, 0.29) is 12.1 Å². The number of rotatable bonds is 3. The summed E-state index contributed by atoms with van der Waals surface area (Å²) in [7, 11) is 0. The Hall–Kier alpha value is -2.37. The first kappa shape index (κ1) is 14.6. The number of carbonyl (C=O) groups is 1. The zero-order valence-electron chi connectivity index (χ0n) is 12.9. The van der Waals surface area contributed by atoms with Crippen LogP contribution < -0.4 is 5.32 Å². The Morgan fingerprint density at radius 2 is 2.18 bits per heavy atom. The van der Waals surface area contributed by atoms with Gasteiger partial charge in [0.05, 0.1) is 0 Å². The second-order valence-corrected chi connectivity index (χ2v) is 5.51. The van der Waals surface area contributed by atoms with Crippen LogP contribution in [0.1, 0.15) is 37.3 Å². The Kier molecular flexibility index (Phi) is 4.09. The van der Waals surface area contributed by atoms with Gasteiger partial charge < -0.3 is 14.7 Å². The number of aryl methyl sites for hydroxylation is 1. The number of likely N-dealkylation sites (tertiary alicyclic amines) is 1. The van der Waals surface area contributed by atoms with Crippen molar-refractivity contribution in [1.29, 1.82) is 0 Å². The Labute approximate surface area is 129 Å². The maximum atomic E-state index is 12.1. The first-order chi connectivity index (χ1) is 10.7. The molecule has 0 spiro atoms. The van der Waals surface area contributed by atoms with Crippen molar-refractivity contribution in [2.45, 2.75) is 32.7 Å². The van der Waals surface area contributed by atoms with Crippen molar-refractivity contribution in [1.82, 2.24) is 20.4 Å². The van der Waals surface area contributed by atoms with Crippen LogP contribution in [0.25, 0.3) is 11.4 Å². The van der Waals surface area contributed by atoms with Crippen LogP contribution in [0.5, 0.6) is 0 Å². The van der Waals surface area contributed by atoms with Crippen LogP contribution in [-0.2, 0) is 0 Å². The van der Waals surface area contributed by atoms with Crippen molar-refractivity contribution in [3.8, 4) is 11.4 Å². The molecule has 1 aliphatic rings. The van der Waals surface area contributed by atoms with E-state index in [9.17, 15) is 4.79 Å². The second-order valence-electron chi connectivity index (χ2n) is 5.51. The molecule has 1 N–H and O–H groups in total. The molecule has 1 fully saturated rings. The van der Waals surface area contributed by atoms with Gasteiger partial charge >= 0.3 is 6.03 Å². The number of aromatic nitrogens is 2. The number of benzene rings is 1. The number of nitrogens with one attached hydrogen (secondary N) is 1. The van der Waals surface area contributed by atoms with Crippen molar-refractivity contribution in [2.24, 2.45) is 0 Å². The SMILES string of the molecule is CCNC(=O)N1CCCC1c1nc(-c2ccc(C)cc2)no1. The van der Waals surface area contributed by atoms with Crippen LogP contribution in [0.3, 0.4) is 0 Å². The van der Waals surface area contributed by atoms with Gasteiger partial charge in [-0.2, -0.15) is 4.98 Å². The molecule has 1 aromatic heterocycles. The van der Waals surface area contributed by atoms with E-state index in [1.807, 2.05) is 38.1 Å². The molecule has 0 radical (unpaired) electrons. The van der Waals surface area contributed by atoms with E-state index in [1.54, 1.807) is 4.90 Å². The molecule has 6 nitrogen and oxygen atoms in total. The zero-order chi connectivity index (χ0) is 15.5. The van der Waals surface area contributed by atoms with Gasteiger partial charge in [0.1, 0.15) is 6.04 Å². The van der Waals surface area contributed by atoms with Crippen molar-refractivity contribution >= 4 is 6.03 Å². The lowest BCUT2D eigenvalue weighted by Gasteiger charge is -2.21. The normalized spacial score (nSPS) is 17.7. The summed E-state index contributed by atoms with van der Waals surface area (Å²) in [5.74, 6) is 1.08. The molecule has 2 amide bonds. The van der Waals surface area contributed by atoms with Gasteiger partial charge in [-0.25, -0.2) is 4.79 Å². The Balaban J connectivity index is 1.80. The smallest absolute Gasteiger partial charge is 0.318 e. The number of hydrogen-bond donors (Lipinski definition) is 1.